The van der Waals surface area contributed by atoms with Gasteiger partial charge in [-0.05, 0) is 56.3 Å². The monoisotopic (exact) mass is 476 g/mol. The summed E-state index contributed by atoms with van der Waals surface area (Å²) < 4.78 is 37.7. The molecule has 1 amide bonds. The molecule has 1 aromatic heterocycles. The van der Waals surface area contributed by atoms with Gasteiger partial charge in [-0.25, -0.2) is 12.7 Å². The minimum atomic E-state index is -3.67. The summed E-state index contributed by atoms with van der Waals surface area (Å²) in [5.74, 6) is 0.512. The number of likely N-dealkylation sites (tertiary alicyclic amines) is 1. The maximum atomic E-state index is 13.4. The van der Waals surface area contributed by atoms with Gasteiger partial charge < -0.3 is 19.4 Å². The van der Waals surface area contributed by atoms with Crippen LogP contribution in [0.15, 0.2) is 45.9 Å². The van der Waals surface area contributed by atoms with Crippen LogP contribution in [0.2, 0.25) is 0 Å². The lowest BCUT2D eigenvalue weighted by molar-refractivity contribution is 0.0932. The van der Waals surface area contributed by atoms with E-state index in [2.05, 4.69) is 15.1 Å². The molecule has 2 aliphatic heterocycles. The Morgan fingerprint density at radius 1 is 1.12 bits per heavy atom. The number of hydrogen-bond acceptors (Lipinski definition) is 7. The summed E-state index contributed by atoms with van der Waals surface area (Å²) in [6.07, 6.45) is 3.89. The first-order chi connectivity index (χ1) is 15.9. The first kappa shape index (κ1) is 23.7. The van der Waals surface area contributed by atoms with Gasteiger partial charge in [-0.1, -0.05) is 0 Å². The van der Waals surface area contributed by atoms with E-state index in [-0.39, 0.29) is 16.8 Å². The van der Waals surface area contributed by atoms with E-state index in [1.54, 1.807) is 18.4 Å². The summed E-state index contributed by atoms with van der Waals surface area (Å²) in [5, 5.41) is 3.04. The highest BCUT2D eigenvalue weighted by atomic mass is 32.2. The predicted molar refractivity (Wildman–Crippen MR) is 125 cm³/mol. The highest BCUT2D eigenvalue weighted by Crippen LogP contribution is 2.28. The van der Waals surface area contributed by atoms with Gasteiger partial charge in [0, 0.05) is 39.4 Å². The Morgan fingerprint density at radius 3 is 2.48 bits per heavy atom. The lowest BCUT2D eigenvalue weighted by atomic mass is 10.1. The van der Waals surface area contributed by atoms with E-state index >= 15 is 0 Å². The first-order valence-corrected chi connectivity index (χ1v) is 12.8. The summed E-state index contributed by atoms with van der Waals surface area (Å²) >= 11 is 0. The fourth-order valence-electron chi connectivity index (χ4n) is 4.38. The van der Waals surface area contributed by atoms with Crippen molar-refractivity contribution in [3.63, 3.8) is 0 Å². The zero-order chi connectivity index (χ0) is 23.4. The molecule has 10 heteroatoms. The Bertz CT molecular complexity index is 1040. The highest BCUT2D eigenvalue weighted by Gasteiger charge is 2.28. The van der Waals surface area contributed by atoms with E-state index in [9.17, 15) is 13.2 Å². The number of rotatable bonds is 8. The molecule has 2 aromatic rings. The van der Waals surface area contributed by atoms with Crippen molar-refractivity contribution in [1.29, 1.82) is 0 Å². The molecule has 0 radical (unpaired) electrons. The largest absolute Gasteiger partial charge is 0.468 e. The Labute approximate surface area is 195 Å². The molecule has 9 nitrogen and oxygen atoms in total. The fourth-order valence-corrected chi connectivity index (χ4v) is 5.31. The lowest BCUT2D eigenvalue weighted by Crippen LogP contribution is -2.39. The van der Waals surface area contributed by atoms with Crippen LogP contribution in [0.4, 0.5) is 5.69 Å². The van der Waals surface area contributed by atoms with Crippen LogP contribution in [0.5, 0.6) is 0 Å². The van der Waals surface area contributed by atoms with E-state index in [4.69, 9.17) is 9.15 Å². The van der Waals surface area contributed by atoms with Crippen molar-refractivity contribution in [2.75, 3.05) is 64.9 Å². The number of carbonyl (C=O) groups is 1. The van der Waals surface area contributed by atoms with E-state index < -0.39 is 10.0 Å². The van der Waals surface area contributed by atoms with Crippen LogP contribution in [-0.2, 0) is 14.8 Å². The molecule has 180 valence electrons. The number of nitrogens with zero attached hydrogens (tertiary/aromatic N) is 3. The lowest BCUT2D eigenvalue weighted by Gasteiger charge is -2.31. The van der Waals surface area contributed by atoms with Crippen LogP contribution in [-0.4, -0.2) is 83.6 Å². The van der Waals surface area contributed by atoms with Gasteiger partial charge in [0.1, 0.15) is 5.76 Å². The van der Waals surface area contributed by atoms with Crippen molar-refractivity contribution in [2.24, 2.45) is 0 Å². The van der Waals surface area contributed by atoms with E-state index in [1.807, 2.05) is 12.1 Å². The van der Waals surface area contributed by atoms with Gasteiger partial charge in [0.05, 0.1) is 36.0 Å². The summed E-state index contributed by atoms with van der Waals surface area (Å²) in [5.41, 5.74) is 1.06. The molecule has 0 spiro atoms. The number of ether oxygens (including phenoxy) is 1. The van der Waals surface area contributed by atoms with Gasteiger partial charge in [0.2, 0.25) is 10.0 Å². The molecule has 2 saturated heterocycles. The van der Waals surface area contributed by atoms with Gasteiger partial charge in [-0.3, -0.25) is 9.69 Å². The molecule has 1 atom stereocenters. The smallest absolute Gasteiger partial charge is 0.253 e. The van der Waals surface area contributed by atoms with Crippen molar-refractivity contribution in [2.45, 2.75) is 23.8 Å². The van der Waals surface area contributed by atoms with Crippen LogP contribution < -0.4 is 10.2 Å². The molecule has 2 aliphatic rings. The Kier molecular flexibility index (Phi) is 7.38. The van der Waals surface area contributed by atoms with Crippen molar-refractivity contribution in [1.82, 2.24) is 14.5 Å². The normalized spacial score (nSPS) is 18.6. The number of benzene rings is 1. The van der Waals surface area contributed by atoms with Crippen LogP contribution in [0, 0.1) is 0 Å². The molecule has 3 heterocycles. The van der Waals surface area contributed by atoms with Crippen molar-refractivity contribution in [3.8, 4) is 0 Å². The third-order valence-electron chi connectivity index (χ3n) is 6.25. The second kappa shape index (κ2) is 10.3. The molecule has 0 unspecified atom stereocenters. The van der Waals surface area contributed by atoms with E-state index in [0.717, 1.165) is 36.0 Å². The maximum absolute atomic E-state index is 13.4. The quantitative estimate of drug-likeness (QED) is 0.622. The van der Waals surface area contributed by atoms with Crippen molar-refractivity contribution in [3.05, 3.63) is 47.9 Å². The Balaban J connectivity index is 1.61. The molecule has 1 aromatic carbocycles. The average molecular weight is 477 g/mol. The fraction of sp³-hybridized carbons (Fsp3) is 0.522. The number of morpholine rings is 1. The molecule has 0 saturated carbocycles. The Hall–Kier alpha value is -2.40. The number of anilines is 1. The first-order valence-electron chi connectivity index (χ1n) is 11.3. The third kappa shape index (κ3) is 5.24. The minimum absolute atomic E-state index is 0.0630. The van der Waals surface area contributed by atoms with Crippen LogP contribution >= 0.6 is 0 Å². The molecular formula is C23H32N4O5S. The summed E-state index contributed by atoms with van der Waals surface area (Å²) in [7, 11) is -0.711. The van der Waals surface area contributed by atoms with E-state index in [1.165, 1.54) is 20.2 Å². The summed E-state index contributed by atoms with van der Waals surface area (Å²) in [6, 6.07) is 8.48. The highest BCUT2D eigenvalue weighted by molar-refractivity contribution is 7.89. The van der Waals surface area contributed by atoms with Crippen molar-refractivity contribution < 1.29 is 22.4 Å². The summed E-state index contributed by atoms with van der Waals surface area (Å²) in [4.78, 5) is 17.9. The number of sulfonamides is 1. The Morgan fingerprint density at radius 2 is 1.85 bits per heavy atom. The molecular weight excluding hydrogens is 444 g/mol. The molecule has 0 bridgehead atoms. The van der Waals surface area contributed by atoms with Gasteiger partial charge in [-0.2, -0.15) is 0 Å². The molecule has 0 aliphatic carbocycles. The van der Waals surface area contributed by atoms with Gasteiger partial charge >= 0.3 is 0 Å². The van der Waals surface area contributed by atoms with Crippen molar-refractivity contribution >= 4 is 21.6 Å². The molecule has 33 heavy (non-hydrogen) atoms. The van der Waals surface area contributed by atoms with E-state index in [0.29, 0.717) is 44.1 Å². The van der Waals surface area contributed by atoms with Gasteiger partial charge in [-0.15, -0.1) is 0 Å². The van der Waals surface area contributed by atoms with Gasteiger partial charge in [0.25, 0.3) is 5.91 Å². The zero-order valence-corrected chi connectivity index (χ0v) is 20.0. The number of amides is 1. The third-order valence-corrected chi connectivity index (χ3v) is 8.06. The number of carbonyl (C=O) groups excluding carboxylic acids is 1. The predicted octanol–water partition coefficient (Wildman–Crippen LogP) is 1.93. The van der Waals surface area contributed by atoms with Crippen LogP contribution in [0.3, 0.4) is 0 Å². The second-order valence-electron chi connectivity index (χ2n) is 8.55. The van der Waals surface area contributed by atoms with Crippen LogP contribution in [0.1, 0.15) is 35.0 Å². The SMILES string of the molecule is CN(C)S(=O)(=O)c1ccc(N2CCOCC2)c(C(=O)NC[C@@H](c2ccco2)N2CCCC2)c1. The standard InChI is InChI=1S/C23H32N4O5S/c1-25(2)33(29,30)18-7-8-20(27-11-14-31-15-12-27)19(16-18)23(28)24-17-21(22-6-5-13-32-22)26-9-3-4-10-26/h5-8,13,16,21H,3-4,9-12,14-15,17H2,1-2H3,(H,24,28)/t21-/m0/s1. The molecule has 1 N–H and O–H groups in total. The number of furan rings is 1. The number of hydrogen-bond donors (Lipinski definition) is 1. The molecule has 2 fully saturated rings. The average Bonchev–Trinajstić information content (AvgIpc) is 3.54. The maximum Gasteiger partial charge on any atom is 0.253 e. The zero-order valence-electron chi connectivity index (χ0n) is 19.2. The minimum Gasteiger partial charge on any atom is -0.468 e. The second-order valence-corrected chi connectivity index (χ2v) is 10.7. The number of nitrogens with one attached hydrogen (secondary N) is 1. The van der Waals surface area contributed by atoms with Crippen LogP contribution in [0.25, 0.3) is 0 Å². The topological polar surface area (TPSA) is 95.3 Å². The van der Waals surface area contributed by atoms with Gasteiger partial charge in [0.15, 0.2) is 0 Å². The molecule has 4 rings (SSSR count). The summed E-state index contributed by atoms with van der Waals surface area (Å²) in [6.45, 7) is 4.70.